The van der Waals surface area contributed by atoms with Crippen molar-refractivity contribution in [1.82, 2.24) is 14.7 Å². The van der Waals surface area contributed by atoms with E-state index in [0.717, 1.165) is 36.4 Å². The highest BCUT2D eigenvalue weighted by Crippen LogP contribution is 2.28. The molecule has 2 fully saturated rings. The van der Waals surface area contributed by atoms with E-state index in [-0.39, 0.29) is 12.0 Å². The average molecular weight is 421 g/mol. The van der Waals surface area contributed by atoms with Crippen molar-refractivity contribution in [3.05, 3.63) is 47.8 Å². The molecule has 2 aliphatic rings. The van der Waals surface area contributed by atoms with Crippen molar-refractivity contribution in [2.75, 3.05) is 13.1 Å². The number of halogens is 3. The molecule has 1 aliphatic heterocycles. The molecule has 8 heteroatoms. The van der Waals surface area contributed by atoms with Gasteiger partial charge in [0.1, 0.15) is 0 Å². The molecule has 1 amide bonds. The standard InChI is InChI=1S/C22H26F3N3O2/c23-22(24,25)20-12-15-28(26-20)17-8-6-16(7-9-17)21(29)27-13-10-19(11-14-27)30-18-4-2-1-3-5-18/h6-9,12,15,18-19H,1-5,10-11,13-14H2. The molecule has 0 unspecified atom stereocenters. The van der Waals surface area contributed by atoms with Crippen LogP contribution in [-0.4, -0.2) is 45.9 Å². The summed E-state index contributed by atoms with van der Waals surface area (Å²) in [5.41, 5.74) is 0.0520. The van der Waals surface area contributed by atoms with Crippen molar-refractivity contribution in [2.45, 2.75) is 63.3 Å². The van der Waals surface area contributed by atoms with Gasteiger partial charge in [-0.05, 0) is 56.0 Å². The van der Waals surface area contributed by atoms with E-state index >= 15 is 0 Å². The highest BCUT2D eigenvalue weighted by molar-refractivity contribution is 5.94. The number of carbonyl (C=O) groups is 1. The van der Waals surface area contributed by atoms with Gasteiger partial charge in [-0.15, -0.1) is 0 Å². The number of piperidine rings is 1. The molecule has 4 rings (SSSR count). The lowest BCUT2D eigenvalue weighted by molar-refractivity contribution is -0.141. The first kappa shape index (κ1) is 20.9. The van der Waals surface area contributed by atoms with E-state index in [1.54, 1.807) is 24.3 Å². The van der Waals surface area contributed by atoms with Gasteiger partial charge in [0.25, 0.3) is 5.91 Å². The van der Waals surface area contributed by atoms with Gasteiger partial charge in [0.15, 0.2) is 5.69 Å². The summed E-state index contributed by atoms with van der Waals surface area (Å²) in [7, 11) is 0. The first-order chi connectivity index (χ1) is 14.4. The Balaban J connectivity index is 1.32. The normalized spacial score (nSPS) is 19.2. The molecule has 0 bridgehead atoms. The number of carbonyl (C=O) groups excluding carboxylic acids is 1. The number of hydrogen-bond donors (Lipinski definition) is 0. The number of benzene rings is 1. The second-order valence-electron chi connectivity index (χ2n) is 8.08. The molecule has 30 heavy (non-hydrogen) atoms. The van der Waals surface area contributed by atoms with Gasteiger partial charge in [0.05, 0.1) is 17.9 Å². The van der Waals surface area contributed by atoms with Crippen LogP contribution < -0.4 is 0 Å². The predicted molar refractivity (Wildman–Crippen MR) is 105 cm³/mol. The Bertz CT molecular complexity index is 849. The highest BCUT2D eigenvalue weighted by atomic mass is 19.4. The first-order valence-electron chi connectivity index (χ1n) is 10.6. The predicted octanol–water partition coefficient (Wildman–Crippen LogP) is 4.85. The van der Waals surface area contributed by atoms with Gasteiger partial charge in [-0.3, -0.25) is 4.79 Å². The number of rotatable bonds is 4. The van der Waals surface area contributed by atoms with Gasteiger partial charge in [-0.2, -0.15) is 18.3 Å². The molecule has 0 radical (unpaired) electrons. The Morgan fingerprint density at radius 3 is 2.17 bits per heavy atom. The zero-order chi connectivity index (χ0) is 21.1. The fraction of sp³-hybridized carbons (Fsp3) is 0.545. The third-order valence-electron chi connectivity index (χ3n) is 5.92. The van der Waals surface area contributed by atoms with Crippen molar-refractivity contribution in [1.29, 1.82) is 0 Å². The fourth-order valence-corrected chi connectivity index (χ4v) is 4.23. The summed E-state index contributed by atoms with van der Waals surface area (Å²) in [6, 6.07) is 7.42. The Hall–Kier alpha value is -2.35. The molecule has 1 aliphatic carbocycles. The lowest BCUT2D eigenvalue weighted by Crippen LogP contribution is -2.42. The fourth-order valence-electron chi connectivity index (χ4n) is 4.23. The maximum Gasteiger partial charge on any atom is 0.435 e. The molecule has 1 aromatic carbocycles. The second-order valence-corrected chi connectivity index (χ2v) is 8.08. The minimum Gasteiger partial charge on any atom is -0.375 e. The lowest BCUT2D eigenvalue weighted by atomic mass is 9.97. The molecular weight excluding hydrogens is 395 g/mol. The van der Waals surface area contributed by atoms with Crippen LogP contribution in [0.25, 0.3) is 5.69 Å². The van der Waals surface area contributed by atoms with Crippen molar-refractivity contribution in [3.8, 4) is 5.69 Å². The Morgan fingerprint density at radius 1 is 0.933 bits per heavy atom. The van der Waals surface area contributed by atoms with E-state index < -0.39 is 11.9 Å². The molecular formula is C22H26F3N3O2. The van der Waals surface area contributed by atoms with Gasteiger partial charge in [0, 0.05) is 24.8 Å². The summed E-state index contributed by atoms with van der Waals surface area (Å²) in [4.78, 5) is 14.6. The SMILES string of the molecule is O=C(c1ccc(-n2ccc(C(F)(F)F)n2)cc1)N1CCC(OC2CCCCC2)CC1. The number of aromatic nitrogens is 2. The third kappa shape index (κ3) is 4.86. The minimum atomic E-state index is -4.48. The van der Waals surface area contributed by atoms with Crippen molar-refractivity contribution >= 4 is 5.91 Å². The van der Waals surface area contributed by atoms with Crippen LogP contribution in [-0.2, 0) is 10.9 Å². The first-order valence-corrected chi connectivity index (χ1v) is 10.6. The molecule has 1 aromatic heterocycles. The minimum absolute atomic E-state index is 0.0610. The number of hydrogen-bond acceptors (Lipinski definition) is 3. The van der Waals surface area contributed by atoms with E-state index in [1.165, 1.54) is 25.5 Å². The topological polar surface area (TPSA) is 47.4 Å². The summed E-state index contributed by atoms with van der Waals surface area (Å²) in [5.74, 6) is -0.0610. The van der Waals surface area contributed by atoms with Gasteiger partial charge in [0.2, 0.25) is 0 Å². The van der Waals surface area contributed by atoms with E-state index in [0.29, 0.717) is 30.4 Å². The Morgan fingerprint density at radius 2 is 1.57 bits per heavy atom. The van der Waals surface area contributed by atoms with Crippen molar-refractivity contribution in [2.24, 2.45) is 0 Å². The number of nitrogens with zero attached hydrogens (tertiary/aromatic N) is 3. The number of likely N-dealkylation sites (tertiary alicyclic amines) is 1. The van der Waals surface area contributed by atoms with Gasteiger partial charge in [-0.25, -0.2) is 4.68 Å². The lowest BCUT2D eigenvalue weighted by Gasteiger charge is -2.35. The van der Waals surface area contributed by atoms with Crippen LogP contribution in [0.5, 0.6) is 0 Å². The molecule has 162 valence electrons. The van der Waals surface area contributed by atoms with E-state index in [9.17, 15) is 18.0 Å². The highest BCUT2D eigenvalue weighted by Gasteiger charge is 2.33. The molecule has 0 spiro atoms. The molecule has 1 saturated carbocycles. The molecule has 0 atom stereocenters. The molecule has 0 N–H and O–H groups in total. The van der Waals surface area contributed by atoms with Crippen LogP contribution in [0.3, 0.4) is 0 Å². The van der Waals surface area contributed by atoms with Crippen LogP contribution in [0.4, 0.5) is 13.2 Å². The summed E-state index contributed by atoms with van der Waals surface area (Å²) < 4.78 is 45.5. The summed E-state index contributed by atoms with van der Waals surface area (Å²) in [5, 5.41) is 3.55. The van der Waals surface area contributed by atoms with Crippen molar-refractivity contribution < 1.29 is 22.7 Å². The van der Waals surface area contributed by atoms with E-state index in [2.05, 4.69) is 5.10 Å². The molecule has 1 saturated heterocycles. The summed E-state index contributed by atoms with van der Waals surface area (Å²) in [6.45, 7) is 1.32. The van der Waals surface area contributed by atoms with Crippen LogP contribution in [0.1, 0.15) is 61.0 Å². The van der Waals surface area contributed by atoms with Crippen LogP contribution in [0, 0.1) is 0 Å². The van der Waals surface area contributed by atoms with Gasteiger partial charge in [-0.1, -0.05) is 19.3 Å². The zero-order valence-corrected chi connectivity index (χ0v) is 16.8. The largest absolute Gasteiger partial charge is 0.435 e. The smallest absolute Gasteiger partial charge is 0.375 e. The van der Waals surface area contributed by atoms with Crippen LogP contribution in [0.15, 0.2) is 36.5 Å². The maximum atomic E-state index is 12.8. The number of ether oxygens (including phenoxy) is 1. The average Bonchev–Trinajstić information content (AvgIpc) is 3.26. The van der Waals surface area contributed by atoms with E-state index in [1.807, 2.05) is 4.90 Å². The Labute approximate surface area is 173 Å². The quantitative estimate of drug-likeness (QED) is 0.709. The van der Waals surface area contributed by atoms with Gasteiger partial charge >= 0.3 is 6.18 Å². The molecule has 2 heterocycles. The van der Waals surface area contributed by atoms with Crippen LogP contribution >= 0.6 is 0 Å². The van der Waals surface area contributed by atoms with Crippen molar-refractivity contribution in [3.63, 3.8) is 0 Å². The second kappa shape index (κ2) is 8.79. The van der Waals surface area contributed by atoms with E-state index in [4.69, 9.17) is 4.74 Å². The maximum absolute atomic E-state index is 12.8. The van der Waals surface area contributed by atoms with Crippen LogP contribution in [0.2, 0.25) is 0 Å². The van der Waals surface area contributed by atoms with Gasteiger partial charge < -0.3 is 9.64 Å². The zero-order valence-electron chi connectivity index (χ0n) is 16.8. The molecule has 5 nitrogen and oxygen atoms in total. The Kier molecular flexibility index (Phi) is 6.13. The number of amides is 1. The summed E-state index contributed by atoms with van der Waals surface area (Å²) >= 11 is 0. The summed E-state index contributed by atoms with van der Waals surface area (Å²) in [6.07, 6.45) is 5.14. The monoisotopic (exact) mass is 421 g/mol. The third-order valence-corrected chi connectivity index (χ3v) is 5.92. The molecule has 2 aromatic rings. The number of alkyl halides is 3.